The summed E-state index contributed by atoms with van der Waals surface area (Å²) in [6.07, 6.45) is 1.37. The Hall–Kier alpha value is -1.99. The first-order chi connectivity index (χ1) is 13.7. The Bertz CT molecular complexity index is 992. The van der Waals surface area contributed by atoms with E-state index in [0.29, 0.717) is 24.3 Å². The van der Waals surface area contributed by atoms with Crippen molar-refractivity contribution >= 4 is 27.4 Å². The molecule has 3 rings (SSSR count). The smallest absolute Gasteiger partial charge is 0.303 e. The van der Waals surface area contributed by atoms with Crippen molar-refractivity contribution in [1.82, 2.24) is 0 Å². The van der Waals surface area contributed by atoms with E-state index in [1.807, 2.05) is 0 Å². The SMILES string of the molecule is O=C(O)CC[C@H]1CC[C@H](c2cc(F)ccc2F)C(S(=O)(=O)c2ccc(Cl)cc2)C1. The van der Waals surface area contributed by atoms with Gasteiger partial charge in [-0.1, -0.05) is 11.6 Å². The summed E-state index contributed by atoms with van der Waals surface area (Å²) in [5.41, 5.74) is 0.0456. The lowest BCUT2D eigenvalue weighted by molar-refractivity contribution is -0.137. The van der Waals surface area contributed by atoms with E-state index < -0.39 is 38.6 Å². The van der Waals surface area contributed by atoms with E-state index in [-0.39, 0.29) is 29.2 Å². The Morgan fingerprint density at radius 3 is 2.45 bits per heavy atom. The van der Waals surface area contributed by atoms with Gasteiger partial charge < -0.3 is 5.11 Å². The predicted molar refractivity (Wildman–Crippen MR) is 106 cm³/mol. The molecule has 29 heavy (non-hydrogen) atoms. The number of carboxylic acid groups (broad SMARTS) is 1. The standard InChI is InChI=1S/C21H21ClF2O4S/c22-14-3-6-16(7-4-14)29(27,28)20-11-13(2-10-21(25)26)1-8-17(20)18-12-15(23)5-9-19(18)24/h3-7,9,12-13,17,20H,1-2,8,10-11H2,(H,25,26)/t13-,17-,20?/m1/s1. The van der Waals surface area contributed by atoms with Gasteiger partial charge >= 0.3 is 5.97 Å². The molecule has 1 fully saturated rings. The summed E-state index contributed by atoms with van der Waals surface area (Å²) in [4.78, 5) is 11.0. The molecule has 0 spiro atoms. The number of rotatable bonds is 6. The van der Waals surface area contributed by atoms with Gasteiger partial charge in [-0.15, -0.1) is 0 Å². The number of sulfone groups is 1. The molecule has 1 aliphatic carbocycles. The number of carboxylic acids is 1. The molecule has 156 valence electrons. The maximum absolute atomic E-state index is 14.5. The molecule has 2 aromatic carbocycles. The van der Waals surface area contributed by atoms with Crippen LogP contribution in [0.25, 0.3) is 0 Å². The Balaban J connectivity index is 2.00. The van der Waals surface area contributed by atoms with Gasteiger partial charge in [-0.05, 0) is 79.6 Å². The zero-order valence-electron chi connectivity index (χ0n) is 15.5. The Morgan fingerprint density at radius 1 is 1.10 bits per heavy atom. The fourth-order valence-corrected chi connectivity index (χ4v) is 6.33. The number of carbonyl (C=O) groups is 1. The molecule has 2 aromatic rings. The second-order valence-electron chi connectivity index (χ2n) is 7.42. The molecule has 1 aliphatic rings. The van der Waals surface area contributed by atoms with Gasteiger partial charge in [0.05, 0.1) is 10.1 Å². The van der Waals surface area contributed by atoms with Gasteiger partial charge in [0.25, 0.3) is 0 Å². The van der Waals surface area contributed by atoms with Crippen LogP contribution in [0.1, 0.15) is 43.6 Å². The van der Waals surface area contributed by atoms with Crippen LogP contribution in [0, 0.1) is 17.6 Å². The van der Waals surface area contributed by atoms with Crippen molar-refractivity contribution < 1.29 is 27.1 Å². The molecule has 0 aromatic heterocycles. The van der Waals surface area contributed by atoms with Crippen LogP contribution in [0.2, 0.25) is 5.02 Å². The molecule has 1 N–H and O–H groups in total. The molecule has 0 bridgehead atoms. The van der Waals surface area contributed by atoms with E-state index in [9.17, 15) is 22.0 Å². The van der Waals surface area contributed by atoms with Crippen LogP contribution in [0.3, 0.4) is 0 Å². The lowest BCUT2D eigenvalue weighted by Gasteiger charge is -2.36. The number of halogens is 3. The van der Waals surface area contributed by atoms with Gasteiger partial charge in [0.2, 0.25) is 0 Å². The molecule has 0 saturated heterocycles. The van der Waals surface area contributed by atoms with Crippen molar-refractivity contribution in [1.29, 1.82) is 0 Å². The largest absolute Gasteiger partial charge is 0.481 e. The van der Waals surface area contributed by atoms with Crippen LogP contribution < -0.4 is 0 Å². The van der Waals surface area contributed by atoms with E-state index in [0.717, 1.165) is 18.2 Å². The first kappa shape index (κ1) is 21.7. The number of benzene rings is 2. The van der Waals surface area contributed by atoms with Crippen molar-refractivity contribution in [3.8, 4) is 0 Å². The topological polar surface area (TPSA) is 71.4 Å². The van der Waals surface area contributed by atoms with Gasteiger partial charge in [0, 0.05) is 17.4 Å². The molecule has 1 saturated carbocycles. The van der Waals surface area contributed by atoms with Crippen LogP contribution in [-0.2, 0) is 14.6 Å². The average Bonchev–Trinajstić information content (AvgIpc) is 2.68. The summed E-state index contributed by atoms with van der Waals surface area (Å²) < 4.78 is 55.0. The maximum atomic E-state index is 14.5. The van der Waals surface area contributed by atoms with Crippen LogP contribution in [0.4, 0.5) is 8.78 Å². The van der Waals surface area contributed by atoms with E-state index in [4.69, 9.17) is 16.7 Å². The van der Waals surface area contributed by atoms with Crippen LogP contribution >= 0.6 is 11.6 Å². The highest BCUT2D eigenvalue weighted by Gasteiger charge is 2.41. The zero-order chi connectivity index (χ0) is 21.2. The van der Waals surface area contributed by atoms with Crippen molar-refractivity contribution in [2.75, 3.05) is 0 Å². The van der Waals surface area contributed by atoms with Crippen molar-refractivity contribution in [2.24, 2.45) is 5.92 Å². The van der Waals surface area contributed by atoms with E-state index in [1.165, 1.54) is 24.3 Å². The fraction of sp³-hybridized carbons (Fsp3) is 0.381. The molecule has 0 radical (unpaired) electrons. The Kier molecular flexibility index (Phi) is 6.58. The van der Waals surface area contributed by atoms with Gasteiger partial charge in [-0.2, -0.15) is 0 Å². The molecular formula is C21H21ClF2O4S. The second-order valence-corrected chi connectivity index (χ2v) is 10.0. The van der Waals surface area contributed by atoms with Gasteiger partial charge in [-0.3, -0.25) is 4.79 Å². The van der Waals surface area contributed by atoms with Crippen LogP contribution in [0.15, 0.2) is 47.4 Å². The van der Waals surface area contributed by atoms with E-state index in [2.05, 4.69) is 0 Å². The number of hydrogen-bond acceptors (Lipinski definition) is 3. The maximum Gasteiger partial charge on any atom is 0.303 e. The highest BCUT2D eigenvalue weighted by atomic mass is 35.5. The monoisotopic (exact) mass is 442 g/mol. The third-order valence-electron chi connectivity index (χ3n) is 5.57. The summed E-state index contributed by atoms with van der Waals surface area (Å²) in [6, 6.07) is 8.80. The summed E-state index contributed by atoms with van der Waals surface area (Å²) >= 11 is 5.86. The summed E-state index contributed by atoms with van der Waals surface area (Å²) in [6.45, 7) is 0. The summed E-state index contributed by atoms with van der Waals surface area (Å²) in [5, 5.41) is 8.36. The Labute approximate surface area is 173 Å². The van der Waals surface area contributed by atoms with Crippen molar-refractivity contribution in [2.45, 2.75) is 48.2 Å². The molecule has 1 unspecified atom stereocenters. The molecule has 8 heteroatoms. The quantitative estimate of drug-likeness (QED) is 0.666. The van der Waals surface area contributed by atoms with Crippen molar-refractivity contribution in [3.05, 3.63) is 64.7 Å². The van der Waals surface area contributed by atoms with E-state index in [1.54, 1.807) is 0 Å². The first-order valence-corrected chi connectivity index (χ1v) is 11.3. The van der Waals surface area contributed by atoms with Crippen LogP contribution in [-0.4, -0.2) is 24.7 Å². The lowest BCUT2D eigenvalue weighted by atomic mass is 9.76. The van der Waals surface area contributed by atoms with Gasteiger partial charge in [0.1, 0.15) is 11.6 Å². The lowest BCUT2D eigenvalue weighted by Crippen LogP contribution is -2.35. The third kappa shape index (κ3) is 4.95. The molecule has 0 aliphatic heterocycles. The fourth-order valence-electron chi connectivity index (χ4n) is 4.10. The summed E-state index contributed by atoms with van der Waals surface area (Å²) in [5.74, 6) is -3.05. The van der Waals surface area contributed by atoms with E-state index >= 15 is 0 Å². The normalized spacial score (nSPS) is 22.4. The molecule has 0 amide bonds. The minimum absolute atomic E-state index is 0.0456. The van der Waals surface area contributed by atoms with Crippen molar-refractivity contribution in [3.63, 3.8) is 0 Å². The zero-order valence-corrected chi connectivity index (χ0v) is 17.1. The molecule has 3 atom stereocenters. The van der Waals surface area contributed by atoms with Crippen LogP contribution in [0.5, 0.6) is 0 Å². The number of hydrogen-bond donors (Lipinski definition) is 1. The molecule has 0 heterocycles. The predicted octanol–water partition coefficient (Wildman–Crippen LogP) is 5.21. The molecular weight excluding hydrogens is 422 g/mol. The van der Waals surface area contributed by atoms with Gasteiger partial charge in [-0.25, -0.2) is 17.2 Å². The average molecular weight is 443 g/mol. The number of aliphatic carboxylic acids is 1. The highest BCUT2D eigenvalue weighted by Crippen LogP contribution is 2.44. The second kappa shape index (κ2) is 8.79. The Morgan fingerprint density at radius 2 is 1.79 bits per heavy atom. The highest BCUT2D eigenvalue weighted by molar-refractivity contribution is 7.92. The molecule has 4 nitrogen and oxygen atoms in total. The van der Waals surface area contributed by atoms with Gasteiger partial charge in [0.15, 0.2) is 9.84 Å². The summed E-state index contributed by atoms with van der Waals surface area (Å²) in [7, 11) is -3.87. The minimum Gasteiger partial charge on any atom is -0.481 e. The first-order valence-electron chi connectivity index (χ1n) is 9.34. The third-order valence-corrected chi connectivity index (χ3v) is 8.06. The minimum atomic E-state index is -3.87.